The number of carbonyl (C=O) groups excluding carboxylic acids is 1. The van der Waals surface area contributed by atoms with Crippen molar-refractivity contribution in [2.45, 2.75) is 12.5 Å². The topological polar surface area (TPSA) is 115 Å². The number of nitrogens with one attached hydrogen (secondary N) is 2. The number of aliphatic hydroxyl groups is 1. The van der Waals surface area contributed by atoms with Crippen LogP contribution in [0.4, 0.5) is 0 Å². The molecule has 0 aliphatic rings. The average molecular weight is 213 g/mol. The lowest BCUT2D eigenvalue weighted by molar-refractivity contribution is -0.142. The molecule has 0 aliphatic heterocycles. The van der Waals surface area contributed by atoms with E-state index in [1.807, 2.05) is 0 Å². The molecule has 0 radical (unpaired) electrons. The van der Waals surface area contributed by atoms with Gasteiger partial charge in [-0.2, -0.15) is 5.10 Å². The van der Waals surface area contributed by atoms with Crippen molar-refractivity contribution in [2.75, 3.05) is 6.61 Å². The molecule has 0 saturated heterocycles. The second-order valence-electron chi connectivity index (χ2n) is 2.90. The zero-order valence-corrected chi connectivity index (χ0v) is 7.80. The van der Waals surface area contributed by atoms with E-state index in [1.54, 1.807) is 6.07 Å². The molecule has 7 heteroatoms. The summed E-state index contributed by atoms with van der Waals surface area (Å²) in [5.41, 5.74) is 0.578. The van der Waals surface area contributed by atoms with Crippen molar-refractivity contribution < 1.29 is 19.8 Å². The number of hydrogen-bond donors (Lipinski definition) is 4. The Hall–Kier alpha value is -1.89. The van der Waals surface area contributed by atoms with Crippen LogP contribution in [-0.2, 0) is 16.0 Å². The predicted molar refractivity (Wildman–Crippen MR) is 48.9 cm³/mol. The van der Waals surface area contributed by atoms with Gasteiger partial charge >= 0.3 is 5.97 Å². The highest BCUT2D eigenvalue weighted by Crippen LogP contribution is 1.93. The predicted octanol–water partition coefficient (Wildman–Crippen LogP) is -1.49. The molecule has 1 rings (SSSR count). The van der Waals surface area contributed by atoms with Crippen LogP contribution >= 0.6 is 0 Å². The lowest BCUT2D eigenvalue weighted by Crippen LogP contribution is -2.43. The summed E-state index contributed by atoms with van der Waals surface area (Å²) in [6.07, 6.45) is 1.49. The average Bonchev–Trinajstić information content (AvgIpc) is 2.66. The molecule has 1 heterocycles. The highest BCUT2D eigenvalue weighted by molar-refractivity contribution is 5.84. The Kier molecular flexibility index (Phi) is 3.81. The molecule has 1 atom stereocenters. The molecule has 0 bridgehead atoms. The number of carboxylic acids is 1. The Morgan fingerprint density at radius 1 is 1.60 bits per heavy atom. The summed E-state index contributed by atoms with van der Waals surface area (Å²) in [5.74, 6) is -1.75. The van der Waals surface area contributed by atoms with E-state index in [1.165, 1.54) is 6.20 Å². The van der Waals surface area contributed by atoms with Gasteiger partial charge in [0.25, 0.3) is 0 Å². The molecule has 82 valence electrons. The van der Waals surface area contributed by atoms with Gasteiger partial charge in [-0.3, -0.25) is 9.89 Å². The molecule has 1 amide bonds. The van der Waals surface area contributed by atoms with Crippen LogP contribution in [0, 0.1) is 0 Å². The van der Waals surface area contributed by atoms with Gasteiger partial charge < -0.3 is 15.5 Å². The van der Waals surface area contributed by atoms with Crippen LogP contribution in [0.2, 0.25) is 0 Å². The first-order valence-electron chi connectivity index (χ1n) is 4.24. The Morgan fingerprint density at radius 2 is 2.33 bits per heavy atom. The van der Waals surface area contributed by atoms with Gasteiger partial charge in [0.2, 0.25) is 5.91 Å². The number of H-pyrrole nitrogens is 1. The van der Waals surface area contributed by atoms with Crippen molar-refractivity contribution in [1.82, 2.24) is 15.5 Å². The third kappa shape index (κ3) is 3.39. The molecule has 1 aromatic heterocycles. The molecule has 1 aromatic rings. The summed E-state index contributed by atoms with van der Waals surface area (Å²) >= 11 is 0. The second kappa shape index (κ2) is 5.11. The number of rotatable bonds is 5. The number of aromatic amines is 1. The Bertz CT molecular complexity index is 336. The van der Waals surface area contributed by atoms with Crippen LogP contribution in [0.15, 0.2) is 12.3 Å². The molecule has 4 N–H and O–H groups in total. The lowest BCUT2D eigenvalue weighted by atomic mass is 10.2. The fraction of sp³-hybridized carbons (Fsp3) is 0.375. The maximum absolute atomic E-state index is 11.3. The second-order valence-corrected chi connectivity index (χ2v) is 2.90. The van der Waals surface area contributed by atoms with Crippen molar-refractivity contribution in [3.8, 4) is 0 Å². The monoisotopic (exact) mass is 213 g/mol. The molecular formula is C8H11N3O4. The summed E-state index contributed by atoms with van der Waals surface area (Å²) in [7, 11) is 0. The van der Waals surface area contributed by atoms with Gasteiger partial charge in [-0.1, -0.05) is 0 Å². The van der Waals surface area contributed by atoms with Crippen LogP contribution in [0.5, 0.6) is 0 Å². The van der Waals surface area contributed by atoms with E-state index in [0.717, 1.165) is 0 Å². The highest BCUT2D eigenvalue weighted by atomic mass is 16.4. The number of aromatic nitrogens is 2. The van der Waals surface area contributed by atoms with E-state index in [0.29, 0.717) is 5.69 Å². The minimum Gasteiger partial charge on any atom is -0.480 e. The number of hydrogen-bond acceptors (Lipinski definition) is 4. The van der Waals surface area contributed by atoms with Crippen molar-refractivity contribution >= 4 is 11.9 Å². The van der Waals surface area contributed by atoms with Gasteiger partial charge in [0.1, 0.15) is 6.04 Å². The van der Waals surface area contributed by atoms with Crippen molar-refractivity contribution in [2.24, 2.45) is 0 Å². The lowest BCUT2D eigenvalue weighted by Gasteiger charge is -2.10. The zero-order valence-electron chi connectivity index (χ0n) is 7.80. The molecule has 0 saturated carbocycles. The van der Waals surface area contributed by atoms with Crippen LogP contribution in [-0.4, -0.2) is 44.9 Å². The molecule has 0 aliphatic carbocycles. The number of aliphatic hydroxyl groups excluding tert-OH is 1. The van der Waals surface area contributed by atoms with E-state index >= 15 is 0 Å². The molecule has 7 nitrogen and oxygen atoms in total. The third-order valence-corrected chi connectivity index (χ3v) is 1.73. The van der Waals surface area contributed by atoms with E-state index in [4.69, 9.17) is 10.2 Å². The van der Waals surface area contributed by atoms with Crippen LogP contribution in [0.25, 0.3) is 0 Å². The van der Waals surface area contributed by atoms with Gasteiger partial charge in [0.15, 0.2) is 0 Å². The fourth-order valence-corrected chi connectivity index (χ4v) is 0.987. The SMILES string of the molecule is O=C(Cc1ccn[nH]1)N[C@H](CO)C(=O)O. The molecule has 15 heavy (non-hydrogen) atoms. The summed E-state index contributed by atoms with van der Waals surface area (Å²) < 4.78 is 0. The Balaban J connectivity index is 2.45. The van der Waals surface area contributed by atoms with E-state index in [2.05, 4.69) is 15.5 Å². The number of amides is 1. The minimum atomic E-state index is -1.27. The summed E-state index contributed by atoms with van der Waals surface area (Å²) in [4.78, 5) is 21.7. The van der Waals surface area contributed by atoms with Gasteiger partial charge in [-0.15, -0.1) is 0 Å². The van der Waals surface area contributed by atoms with Crippen molar-refractivity contribution in [3.63, 3.8) is 0 Å². The Labute approximate surface area is 85.1 Å². The molecule has 0 aromatic carbocycles. The normalized spacial score (nSPS) is 12.1. The van der Waals surface area contributed by atoms with Gasteiger partial charge in [-0.05, 0) is 6.07 Å². The first-order valence-corrected chi connectivity index (χ1v) is 4.24. The number of nitrogens with zero attached hydrogens (tertiary/aromatic N) is 1. The number of carboxylic acid groups (broad SMARTS) is 1. The summed E-state index contributed by atoms with van der Waals surface area (Å²) in [5, 5.41) is 25.6. The van der Waals surface area contributed by atoms with E-state index in [9.17, 15) is 9.59 Å². The van der Waals surface area contributed by atoms with Crippen molar-refractivity contribution in [1.29, 1.82) is 0 Å². The minimum absolute atomic E-state index is 0.00375. The Morgan fingerprint density at radius 3 is 2.80 bits per heavy atom. The zero-order chi connectivity index (χ0) is 11.3. The quantitative estimate of drug-likeness (QED) is 0.476. The molecule has 0 unspecified atom stereocenters. The standard InChI is InChI=1S/C8H11N3O4/c12-4-6(8(14)15)10-7(13)3-5-1-2-9-11-5/h1-2,6,12H,3-4H2,(H,9,11)(H,10,13)(H,14,15)/t6-/m1/s1. The van der Waals surface area contributed by atoms with Gasteiger partial charge in [-0.25, -0.2) is 4.79 Å². The number of aliphatic carboxylic acids is 1. The third-order valence-electron chi connectivity index (χ3n) is 1.73. The van der Waals surface area contributed by atoms with Crippen LogP contribution in [0.3, 0.4) is 0 Å². The van der Waals surface area contributed by atoms with E-state index < -0.39 is 24.5 Å². The first-order chi connectivity index (χ1) is 7.13. The number of carbonyl (C=O) groups is 2. The smallest absolute Gasteiger partial charge is 0.328 e. The maximum Gasteiger partial charge on any atom is 0.328 e. The van der Waals surface area contributed by atoms with Gasteiger partial charge in [0.05, 0.1) is 13.0 Å². The maximum atomic E-state index is 11.3. The van der Waals surface area contributed by atoms with Crippen LogP contribution < -0.4 is 5.32 Å². The fourth-order valence-electron chi connectivity index (χ4n) is 0.987. The van der Waals surface area contributed by atoms with Crippen molar-refractivity contribution in [3.05, 3.63) is 18.0 Å². The van der Waals surface area contributed by atoms with Crippen LogP contribution in [0.1, 0.15) is 5.69 Å². The van der Waals surface area contributed by atoms with Gasteiger partial charge in [0, 0.05) is 11.9 Å². The summed E-state index contributed by atoms with van der Waals surface area (Å²) in [6, 6.07) is 0.342. The summed E-state index contributed by atoms with van der Waals surface area (Å²) in [6.45, 7) is -0.635. The molecule has 0 spiro atoms. The highest BCUT2D eigenvalue weighted by Gasteiger charge is 2.18. The largest absolute Gasteiger partial charge is 0.480 e. The van der Waals surface area contributed by atoms with E-state index in [-0.39, 0.29) is 6.42 Å². The molecular weight excluding hydrogens is 202 g/mol. The first kappa shape index (κ1) is 11.2. The molecule has 0 fully saturated rings.